The predicted molar refractivity (Wildman–Crippen MR) is 91.3 cm³/mol. The van der Waals surface area contributed by atoms with Gasteiger partial charge in [0.25, 0.3) is 0 Å². The molecule has 0 amide bonds. The van der Waals surface area contributed by atoms with Crippen molar-refractivity contribution in [1.82, 2.24) is 9.78 Å². The van der Waals surface area contributed by atoms with Crippen LogP contribution in [-0.2, 0) is 7.05 Å². The van der Waals surface area contributed by atoms with E-state index in [4.69, 9.17) is 11.6 Å². The van der Waals surface area contributed by atoms with Crippen molar-refractivity contribution >= 4 is 34.8 Å². The van der Waals surface area contributed by atoms with Crippen LogP contribution in [0.15, 0.2) is 54.9 Å². The molecule has 0 aliphatic heterocycles. The zero-order valence-corrected chi connectivity index (χ0v) is 13.4. The molecule has 1 aromatic carbocycles. The molecule has 3 rings (SSSR count). The van der Waals surface area contributed by atoms with Crippen LogP contribution >= 0.6 is 22.9 Å². The minimum absolute atomic E-state index is 0.0548. The number of aromatic nitrogens is 2. The topological polar surface area (TPSA) is 34.9 Å². The van der Waals surface area contributed by atoms with E-state index < -0.39 is 0 Å². The number of hydrogen-bond donors (Lipinski definition) is 0. The SMILES string of the molecule is Cn1cc(C(=O)C=Cc2ccc(-c3ccccc3Cl)s2)cn1. The summed E-state index contributed by atoms with van der Waals surface area (Å²) in [5.41, 5.74) is 1.59. The van der Waals surface area contributed by atoms with Gasteiger partial charge in [-0.25, -0.2) is 0 Å². The van der Waals surface area contributed by atoms with E-state index in [1.807, 2.05) is 42.5 Å². The molecule has 0 fully saturated rings. The molecule has 2 aromatic heterocycles. The minimum Gasteiger partial charge on any atom is -0.289 e. The highest BCUT2D eigenvalue weighted by atomic mass is 35.5. The van der Waals surface area contributed by atoms with Crippen LogP contribution in [-0.4, -0.2) is 15.6 Å². The van der Waals surface area contributed by atoms with Crippen LogP contribution in [0, 0.1) is 0 Å². The van der Waals surface area contributed by atoms with Crippen LogP contribution in [0.2, 0.25) is 5.02 Å². The van der Waals surface area contributed by atoms with Crippen molar-refractivity contribution in [3.8, 4) is 10.4 Å². The highest BCUT2D eigenvalue weighted by Crippen LogP contribution is 2.33. The Morgan fingerprint density at radius 3 is 2.82 bits per heavy atom. The molecule has 0 spiro atoms. The number of aryl methyl sites for hydroxylation is 1. The van der Waals surface area contributed by atoms with Crippen LogP contribution in [0.3, 0.4) is 0 Å². The second-order valence-electron chi connectivity index (χ2n) is 4.78. The van der Waals surface area contributed by atoms with Crippen molar-refractivity contribution in [2.75, 3.05) is 0 Å². The third kappa shape index (κ3) is 3.18. The number of halogens is 1. The second-order valence-corrected chi connectivity index (χ2v) is 6.30. The molecular weight excluding hydrogens is 316 g/mol. The number of carbonyl (C=O) groups is 1. The molecule has 0 N–H and O–H groups in total. The molecule has 3 aromatic rings. The van der Waals surface area contributed by atoms with Crippen LogP contribution in [0.1, 0.15) is 15.2 Å². The Kier molecular flexibility index (Phi) is 4.22. The number of hydrogen-bond acceptors (Lipinski definition) is 3. The second kappa shape index (κ2) is 6.30. The number of ketones is 1. The fourth-order valence-corrected chi connectivity index (χ4v) is 3.29. The van der Waals surface area contributed by atoms with Gasteiger partial charge in [-0.15, -0.1) is 11.3 Å². The summed E-state index contributed by atoms with van der Waals surface area (Å²) in [6.07, 6.45) is 6.66. The third-order valence-corrected chi connectivity index (χ3v) is 4.57. The molecule has 0 aliphatic carbocycles. The van der Waals surface area contributed by atoms with Crippen LogP contribution in [0.5, 0.6) is 0 Å². The Morgan fingerprint density at radius 1 is 1.27 bits per heavy atom. The predicted octanol–water partition coefficient (Wildman–Crippen LogP) is 4.70. The molecule has 3 nitrogen and oxygen atoms in total. The number of benzene rings is 1. The monoisotopic (exact) mass is 328 g/mol. The van der Waals surface area contributed by atoms with E-state index >= 15 is 0 Å². The van der Waals surface area contributed by atoms with E-state index in [1.54, 1.807) is 41.5 Å². The van der Waals surface area contributed by atoms with Gasteiger partial charge in [0.1, 0.15) is 0 Å². The Balaban J connectivity index is 1.79. The zero-order valence-electron chi connectivity index (χ0n) is 11.9. The van der Waals surface area contributed by atoms with Gasteiger partial charge in [0, 0.05) is 33.6 Å². The highest BCUT2D eigenvalue weighted by Gasteiger charge is 2.06. The van der Waals surface area contributed by atoms with Gasteiger partial charge in [0.15, 0.2) is 5.78 Å². The maximum Gasteiger partial charge on any atom is 0.189 e. The first-order valence-electron chi connectivity index (χ1n) is 6.69. The van der Waals surface area contributed by atoms with Gasteiger partial charge in [-0.2, -0.15) is 5.10 Å². The summed E-state index contributed by atoms with van der Waals surface area (Å²) in [5.74, 6) is -0.0548. The maximum atomic E-state index is 12.0. The van der Waals surface area contributed by atoms with Gasteiger partial charge >= 0.3 is 0 Å². The van der Waals surface area contributed by atoms with Crippen molar-refractivity contribution in [1.29, 1.82) is 0 Å². The van der Waals surface area contributed by atoms with Crippen LogP contribution in [0.4, 0.5) is 0 Å². The van der Waals surface area contributed by atoms with Crippen molar-refractivity contribution in [2.45, 2.75) is 0 Å². The van der Waals surface area contributed by atoms with Crippen molar-refractivity contribution in [3.63, 3.8) is 0 Å². The van der Waals surface area contributed by atoms with Gasteiger partial charge in [-0.3, -0.25) is 9.48 Å². The van der Waals surface area contributed by atoms with E-state index in [2.05, 4.69) is 5.10 Å². The molecule has 0 saturated carbocycles. The molecule has 0 bridgehead atoms. The van der Waals surface area contributed by atoms with Gasteiger partial charge in [-0.1, -0.05) is 29.8 Å². The fraction of sp³-hybridized carbons (Fsp3) is 0.0588. The highest BCUT2D eigenvalue weighted by molar-refractivity contribution is 7.16. The molecule has 0 unspecified atom stereocenters. The molecule has 22 heavy (non-hydrogen) atoms. The van der Waals surface area contributed by atoms with Gasteiger partial charge < -0.3 is 0 Å². The minimum atomic E-state index is -0.0548. The molecular formula is C17H13ClN2OS. The van der Waals surface area contributed by atoms with Gasteiger partial charge in [0.2, 0.25) is 0 Å². The van der Waals surface area contributed by atoms with E-state index in [-0.39, 0.29) is 5.78 Å². The smallest absolute Gasteiger partial charge is 0.189 e. The summed E-state index contributed by atoms with van der Waals surface area (Å²) >= 11 is 7.80. The van der Waals surface area contributed by atoms with Crippen LogP contribution in [0.25, 0.3) is 16.5 Å². The number of rotatable bonds is 4. The lowest BCUT2D eigenvalue weighted by atomic mass is 10.2. The van der Waals surface area contributed by atoms with E-state index in [1.165, 1.54) is 0 Å². The lowest BCUT2D eigenvalue weighted by Crippen LogP contribution is -1.91. The number of carbonyl (C=O) groups excluding carboxylic acids is 1. The van der Waals surface area contributed by atoms with Crippen molar-refractivity contribution in [3.05, 3.63) is 70.3 Å². The van der Waals surface area contributed by atoms with Crippen molar-refractivity contribution in [2.24, 2.45) is 7.05 Å². The van der Waals surface area contributed by atoms with Gasteiger partial charge in [-0.05, 0) is 30.4 Å². The van der Waals surface area contributed by atoms with E-state index in [0.29, 0.717) is 5.56 Å². The van der Waals surface area contributed by atoms with E-state index in [0.717, 1.165) is 20.3 Å². The van der Waals surface area contributed by atoms with Crippen LogP contribution < -0.4 is 0 Å². The molecule has 0 saturated heterocycles. The first kappa shape index (κ1) is 14.8. The Hall–Kier alpha value is -2.17. The molecule has 5 heteroatoms. The summed E-state index contributed by atoms with van der Waals surface area (Å²) in [7, 11) is 1.79. The normalized spacial score (nSPS) is 11.2. The van der Waals surface area contributed by atoms with Gasteiger partial charge in [0.05, 0.1) is 11.8 Å². The maximum absolute atomic E-state index is 12.0. The lowest BCUT2D eigenvalue weighted by Gasteiger charge is -1.99. The molecule has 0 aliphatic rings. The summed E-state index contributed by atoms with van der Waals surface area (Å²) in [6.45, 7) is 0. The lowest BCUT2D eigenvalue weighted by molar-refractivity contribution is 0.104. The standard InChI is InChI=1S/C17H13ClN2OS/c1-20-11-12(10-19-20)16(21)8-6-13-7-9-17(22-13)14-4-2-3-5-15(14)18/h2-11H,1H3. The van der Waals surface area contributed by atoms with Crippen molar-refractivity contribution < 1.29 is 4.79 Å². The molecule has 0 radical (unpaired) electrons. The Morgan fingerprint density at radius 2 is 2.09 bits per heavy atom. The first-order valence-corrected chi connectivity index (χ1v) is 7.89. The average molecular weight is 329 g/mol. The molecule has 2 heterocycles. The molecule has 110 valence electrons. The summed E-state index contributed by atoms with van der Waals surface area (Å²) < 4.78 is 1.61. The number of allylic oxidation sites excluding steroid dienone is 1. The Bertz CT molecular complexity index is 848. The quantitative estimate of drug-likeness (QED) is 0.514. The largest absolute Gasteiger partial charge is 0.289 e. The summed E-state index contributed by atoms with van der Waals surface area (Å²) in [4.78, 5) is 14.1. The Labute approximate surface area is 137 Å². The number of thiophene rings is 1. The summed E-state index contributed by atoms with van der Waals surface area (Å²) in [5, 5.41) is 4.72. The zero-order chi connectivity index (χ0) is 15.5. The van der Waals surface area contributed by atoms with E-state index in [9.17, 15) is 4.79 Å². The fourth-order valence-electron chi connectivity index (χ4n) is 2.05. The average Bonchev–Trinajstić information content (AvgIpc) is 3.14. The first-order chi connectivity index (χ1) is 10.6. The third-order valence-electron chi connectivity index (χ3n) is 3.15. The number of nitrogens with zero attached hydrogens (tertiary/aromatic N) is 2. The summed E-state index contributed by atoms with van der Waals surface area (Å²) in [6, 6.07) is 11.7. The molecule has 0 atom stereocenters.